The second-order valence-corrected chi connectivity index (χ2v) is 6.20. The molecule has 0 aromatic rings. The maximum atomic E-state index is 11.5. The van der Waals surface area contributed by atoms with Crippen LogP contribution in [0.4, 0.5) is 0 Å². The third-order valence-electron chi connectivity index (χ3n) is 3.78. The zero-order valence-corrected chi connectivity index (χ0v) is 11.9. The zero-order chi connectivity index (χ0) is 12.9. The van der Waals surface area contributed by atoms with E-state index < -0.39 is 0 Å². The Bertz CT molecular complexity index is 243. The summed E-state index contributed by atoms with van der Waals surface area (Å²) < 4.78 is 0. The van der Waals surface area contributed by atoms with Crippen molar-refractivity contribution < 1.29 is 4.79 Å². The van der Waals surface area contributed by atoms with Gasteiger partial charge in [-0.3, -0.25) is 4.79 Å². The van der Waals surface area contributed by atoms with E-state index in [9.17, 15) is 4.79 Å². The third kappa shape index (κ3) is 4.66. The first-order valence-corrected chi connectivity index (χ1v) is 6.86. The number of nitrogens with one attached hydrogen (secondary N) is 1. The Labute approximate surface area is 106 Å². The van der Waals surface area contributed by atoms with Crippen molar-refractivity contribution in [3.63, 3.8) is 0 Å². The van der Waals surface area contributed by atoms with Crippen molar-refractivity contribution in [3.8, 4) is 0 Å². The molecule has 0 aliphatic heterocycles. The van der Waals surface area contributed by atoms with Crippen molar-refractivity contribution in [1.82, 2.24) is 10.2 Å². The maximum Gasteiger partial charge on any atom is 0.236 e. The minimum atomic E-state index is 0.169. The van der Waals surface area contributed by atoms with Gasteiger partial charge in [0.05, 0.1) is 6.54 Å². The second-order valence-electron chi connectivity index (χ2n) is 6.20. The third-order valence-corrected chi connectivity index (χ3v) is 3.78. The lowest BCUT2D eigenvalue weighted by Crippen LogP contribution is -2.39. The van der Waals surface area contributed by atoms with Crippen LogP contribution in [0.15, 0.2) is 0 Å². The van der Waals surface area contributed by atoms with Crippen LogP contribution in [0.25, 0.3) is 0 Å². The predicted octanol–water partition coefficient (Wildman–Crippen LogP) is 2.27. The van der Waals surface area contributed by atoms with Crippen LogP contribution < -0.4 is 5.32 Å². The molecule has 0 bridgehead atoms. The van der Waals surface area contributed by atoms with Gasteiger partial charge in [0, 0.05) is 20.6 Å². The minimum absolute atomic E-state index is 0.169. The summed E-state index contributed by atoms with van der Waals surface area (Å²) in [4.78, 5) is 13.2. The molecule has 0 radical (unpaired) electrons. The van der Waals surface area contributed by atoms with E-state index in [1.54, 1.807) is 4.90 Å². The molecule has 0 spiro atoms. The SMILES string of the molecule is CC(C)CC1(CNCC(=O)N(C)C)CCCC1. The van der Waals surface area contributed by atoms with E-state index >= 15 is 0 Å². The number of amides is 1. The number of nitrogens with zero attached hydrogens (tertiary/aromatic N) is 1. The van der Waals surface area contributed by atoms with Gasteiger partial charge in [-0.25, -0.2) is 0 Å². The van der Waals surface area contributed by atoms with Gasteiger partial charge in [-0.05, 0) is 30.6 Å². The van der Waals surface area contributed by atoms with E-state index in [4.69, 9.17) is 0 Å². The van der Waals surface area contributed by atoms with Crippen LogP contribution in [-0.2, 0) is 4.79 Å². The minimum Gasteiger partial charge on any atom is -0.348 e. The van der Waals surface area contributed by atoms with Gasteiger partial charge in [0.1, 0.15) is 0 Å². The highest BCUT2D eigenvalue weighted by Gasteiger charge is 2.33. The standard InChI is InChI=1S/C14H28N2O/c1-12(2)9-14(7-5-6-8-14)11-15-10-13(17)16(3)4/h12,15H,5-11H2,1-4H3. The number of carbonyl (C=O) groups excluding carboxylic acids is 1. The molecular weight excluding hydrogens is 212 g/mol. The van der Waals surface area contributed by atoms with Gasteiger partial charge < -0.3 is 10.2 Å². The molecule has 3 heteroatoms. The normalized spacial score (nSPS) is 18.6. The van der Waals surface area contributed by atoms with Crippen LogP contribution >= 0.6 is 0 Å². The van der Waals surface area contributed by atoms with Crippen molar-refractivity contribution in [2.45, 2.75) is 46.0 Å². The number of likely N-dealkylation sites (N-methyl/N-ethyl adjacent to an activating group) is 1. The zero-order valence-electron chi connectivity index (χ0n) is 11.9. The van der Waals surface area contributed by atoms with Gasteiger partial charge >= 0.3 is 0 Å². The lowest BCUT2D eigenvalue weighted by molar-refractivity contribution is -0.127. The highest BCUT2D eigenvalue weighted by molar-refractivity contribution is 5.77. The molecule has 1 aliphatic rings. The van der Waals surface area contributed by atoms with Crippen molar-refractivity contribution in [2.75, 3.05) is 27.2 Å². The number of rotatable bonds is 6. The van der Waals surface area contributed by atoms with Crippen molar-refractivity contribution in [1.29, 1.82) is 0 Å². The van der Waals surface area contributed by atoms with E-state index in [0.717, 1.165) is 12.5 Å². The van der Waals surface area contributed by atoms with Crippen LogP contribution in [0.1, 0.15) is 46.0 Å². The van der Waals surface area contributed by atoms with Crippen molar-refractivity contribution in [2.24, 2.45) is 11.3 Å². The highest BCUT2D eigenvalue weighted by atomic mass is 16.2. The summed E-state index contributed by atoms with van der Waals surface area (Å²) in [5, 5.41) is 3.36. The molecule has 0 aromatic heterocycles. The molecule has 1 saturated carbocycles. The molecule has 0 heterocycles. The van der Waals surface area contributed by atoms with E-state index in [1.165, 1.54) is 32.1 Å². The van der Waals surface area contributed by atoms with E-state index in [-0.39, 0.29) is 5.91 Å². The van der Waals surface area contributed by atoms with Crippen LogP contribution in [0.5, 0.6) is 0 Å². The van der Waals surface area contributed by atoms with Crippen LogP contribution in [-0.4, -0.2) is 38.0 Å². The van der Waals surface area contributed by atoms with Gasteiger partial charge in [0.15, 0.2) is 0 Å². The van der Waals surface area contributed by atoms with Gasteiger partial charge in [0.2, 0.25) is 5.91 Å². The predicted molar refractivity (Wildman–Crippen MR) is 71.9 cm³/mol. The molecule has 1 fully saturated rings. The molecule has 100 valence electrons. The highest BCUT2D eigenvalue weighted by Crippen LogP contribution is 2.42. The van der Waals surface area contributed by atoms with E-state index in [1.807, 2.05) is 14.1 Å². The van der Waals surface area contributed by atoms with Gasteiger partial charge in [-0.15, -0.1) is 0 Å². The van der Waals surface area contributed by atoms with E-state index in [2.05, 4.69) is 19.2 Å². The summed E-state index contributed by atoms with van der Waals surface area (Å²) in [5.41, 5.74) is 0.459. The first-order valence-electron chi connectivity index (χ1n) is 6.86. The fourth-order valence-corrected chi connectivity index (χ4v) is 3.04. The number of carbonyl (C=O) groups is 1. The molecule has 1 amide bonds. The Morgan fingerprint density at radius 2 is 1.88 bits per heavy atom. The molecule has 0 aromatic carbocycles. The van der Waals surface area contributed by atoms with Crippen molar-refractivity contribution >= 4 is 5.91 Å². The number of hydrogen-bond acceptors (Lipinski definition) is 2. The monoisotopic (exact) mass is 240 g/mol. The Morgan fingerprint density at radius 3 is 2.35 bits per heavy atom. The summed E-state index contributed by atoms with van der Waals surface area (Å²) in [6, 6.07) is 0. The lowest BCUT2D eigenvalue weighted by atomic mass is 9.78. The Hall–Kier alpha value is -0.570. The summed E-state index contributed by atoms with van der Waals surface area (Å²) in [6.07, 6.45) is 6.66. The largest absolute Gasteiger partial charge is 0.348 e. The smallest absolute Gasteiger partial charge is 0.236 e. The summed E-state index contributed by atoms with van der Waals surface area (Å²) >= 11 is 0. The molecular formula is C14H28N2O. The van der Waals surface area contributed by atoms with E-state index in [0.29, 0.717) is 12.0 Å². The first-order chi connectivity index (χ1) is 7.95. The average Bonchev–Trinajstić information content (AvgIpc) is 2.65. The lowest BCUT2D eigenvalue weighted by Gasteiger charge is -2.31. The van der Waals surface area contributed by atoms with Crippen LogP contribution in [0.3, 0.4) is 0 Å². The average molecular weight is 240 g/mol. The second kappa shape index (κ2) is 6.39. The molecule has 1 rings (SSSR count). The summed E-state index contributed by atoms with van der Waals surface area (Å²) in [6.45, 7) is 6.08. The molecule has 17 heavy (non-hydrogen) atoms. The fourth-order valence-electron chi connectivity index (χ4n) is 3.04. The molecule has 1 N–H and O–H groups in total. The quantitative estimate of drug-likeness (QED) is 0.772. The van der Waals surface area contributed by atoms with Crippen molar-refractivity contribution in [3.05, 3.63) is 0 Å². The molecule has 0 unspecified atom stereocenters. The molecule has 0 atom stereocenters. The summed E-state index contributed by atoms with van der Waals surface area (Å²) in [7, 11) is 3.62. The molecule has 0 saturated heterocycles. The Morgan fingerprint density at radius 1 is 1.29 bits per heavy atom. The maximum absolute atomic E-state index is 11.5. The Kier molecular flexibility index (Phi) is 5.44. The first kappa shape index (κ1) is 14.5. The molecule has 3 nitrogen and oxygen atoms in total. The van der Waals surface area contributed by atoms with Gasteiger partial charge in [-0.2, -0.15) is 0 Å². The molecule has 1 aliphatic carbocycles. The van der Waals surface area contributed by atoms with Gasteiger partial charge in [0.25, 0.3) is 0 Å². The van der Waals surface area contributed by atoms with Crippen LogP contribution in [0, 0.1) is 11.3 Å². The fraction of sp³-hybridized carbons (Fsp3) is 0.929. The Balaban J connectivity index is 2.37. The topological polar surface area (TPSA) is 32.3 Å². The summed E-state index contributed by atoms with van der Waals surface area (Å²) in [5.74, 6) is 0.919. The van der Waals surface area contributed by atoms with Gasteiger partial charge in [-0.1, -0.05) is 26.7 Å². The number of hydrogen-bond donors (Lipinski definition) is 1. The van der Waals surface area contributed by atoms with Crippen LogP contribution in [0.2, 0.25) is 0 Å².